The second-order valence-electron chi connectivity index (χ2n) is 4.35. The molecule has 1 aliphatic carbocycles. The van der Waals surface area contributed by atoms with Crippen LogP contribution in [0.15, 0.2) is 12.3 Å². The highest BCUT2D eigenvalue weighted by molar-refractivity contribution is 5.27. The van der Waals surface area contributed by atoms with Gasteiger partial charge in [-0.2, -0.15) is 0 Å². The molecule has 2 nitrogen and oxygen atoms in total. The predicted octanol–water partition coefficient (Wildman–Crippen LogP) is 2.15. The average Bonchev–Trinajstić information content (AvgIpc) is 2.10. The zero-order valence-electron chi connectivity index (χ0n) is 8.96. The fourth-order valence-corrected chi connectivity index (χ4v) is 2.16. The number of aryl methyl sites for hydroxylation is 2. The van der Waals surface area contributed by atoms with Crippen molar-refractivity contribution in [3.05, 3.63) is 29.1 Å². The summed E-state index contributed by atoms with van der Waals surface area (Å²) in [6.07, 6.45) is 4.59. The molecule has 2 heteroatoms. The van der Waals surface area contributed by atoms with E-state index in [1.54, 1.807) is 0 Å². The first-order valence-electron chi connectivity index (χ1n) is 5.35. The van der Waals surface area contributed by atoms with Gasteiger partial charge in [-0.25, -0.2) is 0 Å². The lowest BCUT2D eigenvalue weighted by atomic mass is 9.70. The summed E-state index contributed by atoms with van der Waals surface area (Å²) < 4.78 is 0. The van der Waals surface area contributed by atoms with Gasteiger partial charge in [-0.15, -0.1) is 0 Å². The van der Waals surface area contributed by atoms with Crippen molar-refractivity contribution in [3.63, 3.8) is 0 Å². The van der Waals surface area contributed by atoms with Crippen molar-refractivity contribution in [1.29, 1.82) is 0 Å². The summed E-state index contributed by atoms with van der Waals surface area (Å²) in [5, 5.41) is 0. The highest BCUT2D eigenvalue weighted by Crippen LogP contribution is 2.41. The molecule has 2 unspecified atom stereocenters. The summed E-state index contributed by atoms with van der Waals surface area (Å²) >= 11 is 0. The maximum Gasteiger partial charge on any atom is 0.0401 e. The van der Waals surface area contributed by atoms with E-state index in [1.165, 1.54) is 24.0 Å². The van der Waals surface area contributed by atoms with E-state index in [1.807, 2.05) is 6.20 Å². The van der Waals surface area contributed by atoms with Crippen LogP contribution in [0.25, 0.3) is 0 Å². The summed E-state index contributed by atoms with van der Waals surface area (Å²) in [6, 6.07) is 2.27. The maximum atomic E-state index is 5.71. The van der Waals surface area contributed by atoms with Gasteiger partial charge in [-0.05, 0) is 56.2 Å². The molecular formula is C12H18N2. The van der Waals surface area contributed by atoms with E-state index in [0.717, 1.165) is 12.2 Å². The number of aromatic nitrogens is 1. The van der Waals surface area contributed by atoms with E-state index >= 15 is 0 Å². The number of hydrogen-bond acceptors (Lipinski definition) is 2. The lowest BCUT2D eigenvalue weighted by Crippen LogP contribution is -2.30. The Morgan fingerprint density at radius 3 is 2.71 bits per heavy atom. The van der Waals surface area contributed by atoms with Crippen LogP contribution in [0.5, 0.6) is 0 Å². The van der Waals surface area contributed by atoms with Crippen molar-refractivity contribution in [1.82, 2.24) is 4.98 Å². The number of pyridine rings is 1. The van der Waals surface area contributed by atoms with E-state index in [2.05, 4.69) is 24.9 Å². The van der Waals surface area contributed by atoms with Gasteiger partial charge in [0.25, 0.3) is 0 Å². The van der Waals surface area contributed by atoms with Gasteiger partial charge in [-0.3, -0.25) is 4.98 Å². The monoisotopic (exact) mass is 190 g/mol. The Hall–Kier alpha value is -0.890. The second-order valence-corrected chi connectivity index (χ2v) is 4.35. The Kier molecular flexibility index (Phi) is 2.55. The SMILES string of the molecule is Cc1cc(C2CCC2CN)cnc1C. The van der Waals surface area contributed by atoms with Crippen molar-refractivity contribution in [2.45, 2.75) is 32.6 Å². The highest BCUT2D eigenvalue weighted by atomic mass is 14.7. The van der Waals surface area contributed by atoms with Crippen LogP contribution in [0.2, 0.25) is 0 Å². The van der Waals surface area contributed by atoms with Crippen LogP contribution >= 0.6 is 0 Å². The van der Waals surface area contributed by atoms with Crippen LogP contribution in [0, 0.1) is 19.8 Å². The van der Waals surface area contributed by atoms with Gasteiger partial charge in [0.2, 0.25) is 0 Å². The molecule has 2 rings (SSSR count). The molecule has 14 heavy (non-hydrogen) atoms. The minimum atomic E-state index is 0.673. The molecule has 2 N–H and O–H groups in total. The Morgan fingerprint density at radius 1 is 1.43 bits per heavy atom. The summed E-state index contributed by atoms with van der Waals surface area (Å²) in [6.45, 7) is 5.00. The molecule has 1 heterocycles. The summed E-state index contributed by atoms with van der Waals surface area (Å²) in [4.78, 5) is 4.41. The summed E-state index contributed by atoms with van der Waals surface area (Å²) in [5.74, 6) is 1.37. The Morgan fingerprint density at radius 2 is 2.21 bits per heavy atom. The van der Waals surface area contributed by atoms with Crippen LogP contribution in [0.1, 0.15) is 35.6 Å². The molecule has 0 bridgehead atoms. The molecule has 76 valence electrons. The van der Waals surface area contributed by atoms with E-state index in [-0.39, 0.29) is 0 Å². The lowest BCUT2D eigenvalue weighted by molar-refractivity contribution is 0.263. The van der Waals surface area contributed by atoms with Crippen molar-refractivity contribution in [2.75, 3.05) is 6.54 Å². The molecule has 1 fully saturated rings. The highest BCUT2D eigenvalue weighted by Gasteiger charge is 2.30. The van der Waals surface area contributed by atoms with Crippen LogP contribution in [0.4, 0.5) is 0 Å². The lowest BCUT2D eigenvalue weighted by Gasteiger charge is -2.36. The third-order valence-corrected chi connectivity index (χ3v) is 3.51. The molecule has 0 spiro atoms. The van der Waals surface area contributed by atoms with E-state index in [9.17, 15) is 0 Å². The number of nitrogens with two attached hydrogens (primary N) is 1. The van der Waals surface area contributed by atoms with Gasteiger partial charge in [-0.1, -0.05) is 6.07 Å². The first kappa shape index (κ1) is 9.66. The fraction of sp³-hybridized carbons (Fsp3) is 0.583. The largest absolute Gasteiger partial charge is 0.330 e. The Bertz CT molecular complexity index is 331. The molecule has 0 saturated heterocycles. The first-order valence-corrected chi connectivity index (χ1v) is 5.35. The topological polar surface area (TPSA) is 38.9 Å². The molecule has 1 saturated carbocycles. The van der Waals surface area contributed by atoms with Gasteiger partial charge in [0, 0.05) is 11.9 Å². The predicted molar refractivity (Wildman–Crippen MR) is 58.2 cm³/mol. The molecule has 2 atom stereocenters. The summed E-state index contributed by atoms with van der Waals surface area (Å²) in [7, 11) is 0. The zero-order chi connectivity index (χ0) is 10.1. The molecule has 1 aromatic rings. The van der Waals surface area contributed by atoms with Crippen LogP contribution in [-0.4, -0.2) is 11.5 Å². The van der Waals surface area contributed by atoms with Gasteiger partial charge in [0.05, 0.1) is 0 Å². The quantitative estimate of drug-likeness (QED) is 0.776. The number of rotatable bonds is 2. The third kappa shape index (κ3) is 1.55. The minimum Gasteiger partial charge on any atom is -0.330 e. The Balaban J connectivity index is 2.20. The molecule has 0 aliphatic heterocycles. The Labute approximate surface area is 85.5 Å². The van der Waals surface area contributed by atoms with Gasteiger partial charge in [0.1, 0.15) is 0 Å². The van der Waals surface area contributed by atoms with Crippen LogP contribution < -0.4 is 5.73 Å². The van der Waals surface area contributed by atoms with Gasteiger partial charge < -0.3 is 5.73 Å². The van der Waals surface area contributed by atoms with Gasteiger partial charge in [0.15, 0.2) is 0 Å². The van der Waals surface area contributed by atoms with E-state index in [4.69, 9.17) is 5.73 Å². The van der Waals surface area contributed by atoms with Gasteiger partial charge >= 0.3 is 0 Å². The molecule has 0 radical (unpaired) electrons. The minimum absolute atomic E-state index is 0.673. The molecule has 1 aromatic heterocycles. The van der Waals surface area contributed by atoms with E-state index < -0.39 is 0 Å². The van der Waals surface area contributed by atoms with E-state index in [0.29, 0.717) is 11.8 Å². The smallest absolute Gasteiger partial charge is 0.0401 e. The number of nitrogens with zero attached hydrogens (tertiary/aromatic N) is 1. The average molecular weight is 190 g/mol. The first-order chi connectivity index (χ1) is 6.72. The van der Waals surface area contributed by atoms with Crippen molar-refractivity contribution in [2.24, 2.45) is 11.7 Å². The van der Waals surface area contributed by atoms with Crippen molar-refractivity contribution >= 4 is 0 Å². The number of hydrogen-bond donors (Lipinski definition) is 1. The zero-order valence-corrected chi connectivity index (χ0v) is 8.96. The normalized spacial score (nSPS) is 25.9. The van der Waals surface area contributed by atoms with Crippen LogP contribution in [0.3, 0.4) is 0 Å². The molecular weight excluding hydrogens is 172 g/mol. The summed E-state index contributed by atoms with van der Waals surface area (Å²) in [5.41, 5.74) is 9.53. The molecule has 0 aromatic carbocycles. The maximum absolute atomic E-state index is 5.71. The molecule has 1 aliphatic rings. The van der Waals surface area contributed by atoms with Crippen LogP contribution in [-0.2, 0) is 0 Å². The van der Waals surface area contributed by atoms with Crippen molar-refractivity contribution < 1.29 is 0 Å². The molecule has 0 amide bonds. The van der Waals surface area contributed by atoms with Crippen molar-refractivity contribution in [3.8, 4) is 0 Å². The third-order valence-electron chi connectivity index (χ3n) is 3.51. The standard InChI is InChI=1S/C12H18N2/c1-8-5-11(7-14-9(8)2)12-4-3-10(12)6-13/h5,7,10,12H,3-4,6,13H2,1-2H3. The second kappa shape index (κ2) is 3.70. The fourth-order valence-electron chi connectivity index (χ4n) is 2.16.